The van der Waals surface area contributed by atoms with Gasteiger partial charge in [-0.25, -0.2) is 0 Å². The normalized spacial score (nSPS) is 15.5. The molecule has 0 atom stereocenters. The lowest BCUT2D eigenvalue weighted by atomic mass is 10.2. The first-order valence-corrected chi connectivity index (χ1v) is 7.25. The van der Waals surface area contributed by atoms with Gasteiger partial charge in [-0.1, -0.05) is 0 Å². The number of esters is 1. The van der Waals surface area contributed by atoms with Gasteiger partial charge < -0.3 is 20.3 Å². The van der Waals surface area contributed by atoms with E-state index in [2.05, 4.69) is 10.6 Å². The highest BCUT2D eigenvalue weighted by molar-refractivity contribution is 5.86. The second-order valence-corrected chi connectivity index (χ2v) is 5.99. The predicted molar refractivity (Wildman–Crippen MR) is 77.5 cm³/mol. The van der Waals surface area contributed by atoms with Crippen molar-refractivity contribution in [2.24, 2.45) is 0 Å². The van der Waals surface area contributed by atoms with E-state index in [9.17, 15) is 14.4 Å². The van der Waals surface area contributed by atoms with Crippen LogP contribution in [0.4, 0.5) is 0 Å². The third kappa shape index (κ3) is 7.65. The van der Waals surface area contributed by atoms with Crippen molar-refractivity contribution < 1.29 is 19.1 Å². The quantitative estimate of drug-likeness (QED) is 0.678. The van der Waals surface area contributed by atoms with Gasteiger partial charge >= 0.3 is 5.97 Å². The van der Waals surface area contributed by atoms with Gasteiger partial charge in [0, 0.05) is 32.6 Å². The number of amides is 2. The molecule has 1 fully saturated rings. The highest BCUT2D eigenvalue weighted by Gasteiger charge is 2.19. The Balaban J connectivity index is 2.18. The van der Waals surface area contributed by atoms with E-state index in [0.29, 0.717) is 13.1 Å². The molecule has 0 aromatic carbocycles. The van der Waals surface area contributed by atoms with Gasteiger partial charge in [0.05, 0.1) is 13.0 Å². The molecule has 1 rings (SSSR count). The Kier molecular flexibility index (Phi) is 6.61. The fraction of sp³-hybridized carbons (Fsp3) is 0.786. The Morgan fingerprint density at radius 1 is 1.14 bits per heavy atom. The summed E-state index contributed by atoms with van der Waals surface area (Å²) >= 11 is 0. The maximum Gasteiger partial charge on any atom is 0.306 e. The summed E-state index contributed by atoms with van der Waals surface area (Å²) in [5, 5.41) is 5.69. The molecule has 2 N–H and O–H groups in total. The molecular weight excluding hydrogens is 274 g/mol. The average Bonchev–Trinajstić information content (AvgIpc) is 2.41. The Labute approximate surface area is 125 Å². The van der Waals surface area contributed by atoms with Gasteiger partial charge in [0.15, 0.2) is 0 Å². The molecule has 1 saturated heterocycles. The number of hydrogen-bond acceptors (Lipinski definition) is 5. The Hall–Kier alpha value is -1.63. The fourth-order valence-corrected chi connectivity index (χ4v) is 1.90. The molecule has 0 aromatic heterocycles. The molecule has 21 heavy (non-hydrogen) atoms. The van der Waals surface area contributed by atoms with Crippen molar-refractivity contribution in [1.29, 1.82) is 0 Å². The van der Waals surface area contributed by atoms with Crippen LogP contribution >= 0.6 is 0 Å². The van der Waals surface area contributed by atoms with E-state index in [4.69, 9.17) is 4.74 Å². The number of ether oxygens (including phenoxy) is 1. The van der Waals surface area contributed by atoms with Crippen LogP contribution in [0.15, 0.2) is 0 Å². The minimum absolute atomic E-state index is 0.0188. The topological polar surface area (TPSA) is 87.7 Å². The van der Waals surface area contributed by atoms with Crippen LogP contribution in [0.2, 0.25) is 0 Å². The summed E-state index contributed by atoms with van der Waals surface area (Å²) in [6, 6.07) is 0. The lowest BCUT2D eigenvalue weighted by Gasteiger charge is -2.27. The first kappa shape index (κ1) is 17.4. The summed E-state index contributed by atoms with van der Waals surface area (Å²) in [4.78, 5) is 36.6. The lowest BCUT2D eigenvalue weighted by molar-refractivity contribution is -0.155. The third-order valence-electron chi connectivity index (χ3n) is 2.88. The highest BCUT2D eigenvalue weighted by Crippen LogP contribution is 2.08. The Bertz CT molecular complexity index is 384. The summed E-state index contributed by atoms with van der Waals surface area (Å²) in [7, 11) is 0. The molecule has 1 aliphatic rings. The average molecular weight is 299 g/mol. The maximum absolute atomic E-state index is 11.8. The third-order valence-corrected chi connectivity index (χ3v) is 2.88. The number of carbonyl (C=O) groups excluding carboxylic acids is 3. The molecular formula is C14H25N3O4. The first-order chi connectivity index (χ1) is 9.78. The van der Waals surface area contributed by atoms with Crippen molar-refractivity contribution in [3.8, 4) is 0 Å². The molecule has 1 heterocycles. The standard InChI is InChI=1S/C14H25N3O4/c1-14(2,3)21-13(20)5-4-11(18)16-10-12(19)17-8-6-15-7-9-17/h15H,4-10H2,1-3H3,(H,16,18). The van der Waals surface area contributed by atoms with Crippen LogP contribution in [-0.2, 0) is 19.1 Å². The molecule has 7 heteroatoms. The minimum Gasteiger partial charge on any atom is -0.460 e. The number of piperazine rings is 1. The van der Waals surface area contributed by atoms with Gasteiger partial charge in [-0.05, 0) is 20.8 Å². The lowest BCUT2D eigenvalue weighted by Crippen LogP contribution is -2.49. The molecule has 7 nitrogen and oxygen atoms in total. The predicted octanol–water partition coefficient (Wildman–Crippen LogP) is -0.344. The van der Waals surface area contributed by atoms with E-state index in [1.54, 1.807) is 25.7 Å². The van der Waals surface area contributed by atoms with Crippen LogP contribution in [0.5, 0.6) is 0 Å². The number of hydrogen-bond donors (Lipinski definition) is 2. The molecule has 0 bridgehead atoms. The van der Waals surface area contributed by atoms with E-state index >= 15 is 0 Å². The van der Waals surface area contributed by atoms with Crippen molar-refractivity contribution in [3.05, 3.63) is 0 Å². The van der Waals surface area contributed by atoms with E-state index in [0.717, 1.165) is 13.1 Å². The second-order valence-electron chi connectivity index (χ2n) is 5.99. The van der Waals surface area contributed by atoms with E-state index in [-0.39, 0.29) is 31.2 Å². The van der Waals surface area contributed by atoms with Crippen molar-refractivity contribution in [2.75, 3.05) is 32.7 Å². The maximum atomic E-state index is 11.8. The molecule has 0 aromatic rings. The zero-order chi connectivity index (χ0) is 15.9. The zero-order valence-electron chi connectivity index (χ0n) is 13.0. The summed E-state index contributed by atoms with van der Waals surface area (Å²) in [6.45, 7) is 8.17. The molecule has 0 aliphatic carbocycles. The van der Waals surface area contributed by atoms with Gasteiger partial charge in [-0.2, -0.15) is 0 Å². The molecule has 1 aliphatic heterocycles. The van der Waals surface area contributed by atoms with Gasteiger partial charge in [0.2, 0.25) is 11.8 Å². The van der Waals surface area contributed by atoms with Crippen molar-refractivity contribution >= 4 is 17.8 Å². The molecule has 0 spiro atoms. The smallest absolute Gasteiger partial charge is 0.306 e. The van der Waals surface area contributed by atoms with Crippen LogP contribution in [0, 0.1) is 0 Å². The summed E-state index contributed by atoms with van der Waals surface area (Å²) in [6.07, 6.45) is 0.0503. The van der Waals surface area contributed by atoms with Crippen molar-refractivity contribution in [2.45, 2.75) is 39.2 Å². The van der Waals surface area contributed by atoms with Crippen molar-refractivity contribution in [1.82, 2.24) is 15.5 Å². The van der Waals surface area contributed by atoms with Gasteiger partial charge in [-0.3, -0.25) is 14.4 Å². The van der Waals surface area contributed by atoms with Gasteiger partial charge in [0.1, 0.15) is 5.60 Å². The van der Waals surface area contributed by atoms with Crippen LogP contribution in [0.25, 0.3) is 0 Å². The Morgan fingerprint density at radius 2 is 1.76 bits per heavy atom. The monoisotopic (exact) mass is 299 g/mol. The second kappa shape index (κ2) is 7.97. The summed E-state index contributed by atoms with van der Waals surface area (Å²) in [5.74, 6) is -0.822. The van der Waals surface area contributed by atoms with Crippen LogP contribution in [0.3, 0.4) is 0 Å². The number of rotatable bonds is 5. The van der Waals surface area contributed by atoms with Crippen LogP contribution in [0.1, 0.15) is 33.6 Å². The molecule has 120 valence electrons. The van der Waals surface area contributed by atoms with Gasteiger partial charge in [-0.15, -0.1) is 0 Å². The van der Waals surface area contributed by atoms with E-state index in [1.807, 2.05) is 0 Å². The molecule has 2 amide bonds. The molecule has 0 saturated carbocycles. The fourth-order valence-electron chi connectivity index (χ4n) is 1.90. The molecule has 0 radical (unpaired) electrons. The first-order valence-electron chi connectivity index (χ1n) is 7.25. The van der Waals surface area contributed by atoms with E-state index < -0.39 is 11.6 Å². The number of carbonyl (C=O) groups is 3. The zero-order valence-corrected chi connectivity index (χ0v) is 13.0. The molecule has 0 unspecified atom stereocenters. The summed E-state index contributed by atoms with van der Waals surface area (Å²) < 4.78 is 5.11. The largest absolute Gasteiger partial charge is 0.460 e. The van der Waals surface area contributed by atoms with Crippen LogP contribution in [-0.4, -0.2) is 61.0 Å². The van der Waals surface area contributed by atoms with Gasteiger partial charge in [0.25, 0.3) is 0 Å². The minimum atomic E-state index is -0.550. The Morgan fingerprint density at radius 3 is 2.33 bits per heavy atom. The SMILES string of the molecule is CC(C)(C)OC(=O)CCC(=O)NCC(=O)N1CCNCC1. The highest BCUT2D eigenvalue weighted by atomic mass is 16.6. The number of nitrogens with one attached hydrogen (secondary N) is 2. The summed E-state index contributed by atoms with van der Waals surface area (Å²) in [5.41, 5.74) is -0.550. The number of nitrogens with zero attached hydrogens (tertiary/aromatic N) is 1. The van der Waals surface area contributed by atoms with Crippen LogP contribution < -0.4 is 10.6 Å². The van der Waals surface area contributed by atoms with Crippen molar-refractivity contribution in [3.63, 3.8) is 0 Å². The van der Waals surface area contributed by atoms with E-state index in [1.165, 1.54) is 0 Å².